The Labute approximate surface area is 414 Å². The van der Waals surface area contributed by atoms with Gasteiger partial charge in [0.2, 0.25) is 0 Å². The zero-order chi connectivity index (χ0) is 47.8. The van der Waals surface area contributed by atoms with Crippen LogP contribution >= 0.6 is 0 Å². The van der Waals surface area contributed by atoms with E-state index >= 15 is 0 Å². The normalized spacial score (nSPS) is 13.8. The first-order chi connectivity index (χ1) is 34.7. The van der Waals surface area contributed by atoms with Crippen LogP contribution in [0.2, 0.25) is 0 Å². The minimum atomic E-state index is -0.159. The van der Waals surface area contributed by atoms with Crippen molar-refractivity contribution >= 4 is 43.4 Å². The lowest BCUT2D eigenvalue weighted by atomic mass is 9.79. The van der Waals surface area contributed by atoms with Crippen LogP contribution in [0.4, 0.5) is 0 Å². The van der Waals surface area contributed by atoms with Gasteiger partial charge in [-0.05, 0) is 177 Å². The predicted molar refractivity (Wildman–Crippen MR) is 297 cm³/mol. The Balaban J connectivity index is 1.07. The molecule has 0 aliphatic heterocycles. The van der Waals surface area contributed by atoms with Crippen molar-refractivity contribution < 1.29 is 0 Å². The van der Waals surface area contributed by atoms with E-state index < -0.39 is 0 Å². The Morgan fingerprint density at radius 3 is 1.30 bits per heavy atom. The van der Waals surface area contributed by atoms with Gasteiger partial charge in [-0.15, -0.1) is 0 Å². The summed E-state index contributed by atoms with van der Waals surface area (Å²) in [5.41, 5.74) is 24.0. The minimum Gasteiger partial charge on any atom is -0.309 e. The van der Waals surface area contributed by atoms with Gasteiger partial charge < -0.3 is 4.57 Å². The van der Waals surface area contributed by atoms with Gasteiger partial charge >= 0.3 is 0 Å². The first kappa shape index (κ1) is 41.2. The molecule has 11 aromatic carbocycles. The van der Waals surface area contributed by atoms with E-state index in [1.165, 1.54) is 99.4 Å². The summed E-state index contributed by atoms with van der Waals surface area (Å²) in [4.78, 5) is 0. The fourth-order valence-corrected chi connectivity index (χ4v) is 12.7. The van der Waals surface area contributed by atoms with Crippen molar-refractivity contribution in [3.8, 4) is 78.5 Å². The van der Waals surface area contributed by atoms with Gasteiger partial charge in [-0.2, -0.15) is 5.26 Å². The molecule has 2 aliphatic carbocycles. The summed E-state index contributed by atoms with van der Waals surface area (Å²) in [6, 6.07) is 83.4. The second-order valence-electron chi connectivity index (χ2n) is 20.7. The van der Waals surface area contributed by atoms with E-state index in [4.69, 9.17) is 0 Å². The molecule has 71 heavy (non-hydrogen) atoms. The third-order valence-electron chi connectivity index (χ3n) is 16.2. The average molecular weight is 905 g/mol. The van der Waals surface area contributed by atoms with E-state index in [-0.39, 0.29) is 10.8 Å². The summed E-state index contributed by atoms with van der Waals surface area (Å²) in [7, 11) is 0. The first-order valence-corrected chi connectivity index (χ1v) is 24.8. The van der Waals surface area contributed by atoms with Crippen LogP contribution in [-0.4, -0.2) is 4.57 Å². The van der Waals surface area contributed by atoms with E-state index in [1.54, 1.807) is 0 Å². The molecule has 1 heterocycles. The molecule has 0 bridgehead atoms. The number of hydrogen-bond acceptors (Lipinski definition) is 1. The second kappa shape index (κ2) is 15.1. The van der Waals surface area contributed by atoms with Crippen molar-refractivity contribution in [2.75, 3.05) is 0 Å². The summed E-state index contributed by atoms with van der Waals surface area (Å²) in [6.45, 7) is 9.51. The highest BCUT2D eigenvalue weighted by Gasteiger charge is 2.37. The lowest BCUT2D eigenvalue weighted by molar-refractivity contribution is 0.660. The molecule has 0 radical (unpaired) electrons. The van der Waals surface area contributed by atoms with Crippen molar-refractivity contribution in [3.05, 3.63) is 246 Å². The van der Waals surface area contributed by atoms with Crippen LogP contribution in [0.1, 0.15) is 55.5 Å². The molecular weight excluding hydrogens is 857 g/mol. The number of nitrogens with zero attached hydrogens (tertiary/aromatic N) is 2. The average Bonchev–Trinajstić information content (AvgIpc) is 3.95. The minimum absolute atomic E-state index is 0.152. The van der Waals surface area contributed by atoms with Gasteiger partial charge in [0, 0.05) is 27.3 Å². The van der Waals surface area contributed by atoms with E-state index in [0.717, 1.165) is 38.6 Å². The Kier molecular flexibility index (Phi) is 8.78. The highest BCUT2D eigenvalue weighted by Crippen LogP contribution is 2.54. The zero-order valence-electron chi connectivity index (χ0n) is 40.2. The van der Waals surface area contributed by atoms with Gasteiger partial charge in [-0.25, -0.2) is 0 Å². The van der Waals surface area contributed by atoms with Crippen molar-refractivity contribution in [1.29, 1.82) is 5.26 Å². The largest absolute Gasteiger partial charge is 0.309 e. The van der Waals surface area contributed by atoms with E-state index in [2.05, 4.69) is 245 Å². The Morgan fingerprint density at radius 2 is 0.746 bits per heavy atom. The number of para-hydroxylation sites is 1. The standard InChI is InChI=1S/C69H48N2/c1-68(2)60-21-13-11-19-50(60)52-29-26-47(39-62(52)68)66-55-32-25-45(46-28-34-65-57(36-46)56-35-42(41-70)23-33-64(56)71(65)49-17-9-6-10-18-49)38-59(55)67(54-31-24-44(37-58(54)66)43-15-7-5-8-16-43)48-27-30-53-51-20-12-14-22-61(51)69(3,4)63(53)40-48/h5-40H,1-4H3. The molecule has 12 aromatic rings. The number of rotatable bonds is 5. The van der Waals surface area contributed by atoms with E-state index in [9.17, 15) is 5.26 Å². The predicted octanol–water partition coefficient (Wildman–Crippen LogP) is 18.2. The fraction of sp³-hybridized carbons (Fsp3) is 0.0870. The molecule has 1 aromatic heterocycles. The van der Waals surface area contributed by atoms with Crippen LogP contribution in [0.5, 0.6) is 0 Å². The zero-order valence-corrected chi connectivity index (χ0v) is 40.2. The van der Waals surface area contributed by atoms with Gasteiger partial charge in [-0.3, -0.25) is 0 Å². The van der Waals surface area contributed by atoms with Crippen LogP contribution in [0.25, 0.3) is 116 Å². The summed E-state index contributed by atoms with van der Waals surface area (Å²) >= 11 is 0. The third kappa shape index (κ3) is 6.00. The van der Waals surface area contributed by atoms with Crippen LogP contribution in [-0.2, 0) is 10.8 Å². The van der Waals surface area contributed by atoms with E-state index in [1.807, 2.05) is 12.1 Å². The number of fused-ring (bicyclic) bond motifs is 11. The van der Waals surface area contributed by atoms with Gasteiger partial charge in [0.15, 0.2) is 0 Å². The van der Waals surface area contributed by atoms with Crippen LogP contribution < -0.4 is 0 Å². The Bertz CT molecular complexity index is 4270. The molecule has 2 aliphatic rings. The molecule has 0 saturated heterocycles. The summed E-state index contributed by atoms with van der Waals surface area (Å²) < 4.78 is 2.32. The van der Waals surface area contributed by atoms with Crippen molar-refractivity contribution in [2.45, 2.75) is 38.5 Å². The molecule has 0 atom stereocenters. The molecule has 0 N–H and O–H groups in total. The number of benzene rings is 11. The summed E-state index contributed by atoms with van der Waals surface area (Å²) in [5, 5.41) is 17.2. The molecule has 0 unspecified atom stereocenters. The molecule has 334 valence electrons. The number of hydrogen-bond donors (Lipinski definition) is 0. The molecule has 0 saturated carbocycles. The lowest BCUT2D eigenvalue weighted by Gasteiger charge is -2.24. The van der Waals surface area contributed by atoms with Gasteiger partial charge in [0.05, 0.1) is 22.7 Å². The monoisotopic (exact) mass is 904 g/mol. The molecule has 2 heteroatoms. The molecule has 2 nitrogen and oxygen atoms in total. The van der Waals surface area contributed by atoms with Crippen molar-refractivity contribution in [3.63, 3.8) is 0 Å². The maximum absolute atomic E-state index is 10.1. The van der Waals surface area contributed by atoms with E-state index in [0.29, 0.717) is 5.56 Å². The SMILES string of the molecule is CC1(C)c2ccccc2-c2ccc(-c3c4ccc(-c5ccc6c(c5)c5cc(C#N)ccc5n6-c5ccccc5)cc4c(-c4ccc5c(c4)C(C)(C)c4ccccc4-5)c4ccc(-c5ccccc5)cc34)cc21. The summed E-state index contributed by atoms with van der Waals surface area (Å²) in [6.07, 6.45) is 0. The second-order valence-corrected chi connectivity index (χ2v) is 20.7. The lowest BCUT2D eigenvalue weighted by Crippen LogP contribution is -2.15. The molecule has 0 spiro atoms. The fourth-order valence-electron chi connectivity index (χ4n) is 12.7. The molecule has 0 fully saturated rings. The smallest absolute Gasteiger partial charge is 0.0991 e. The number of aromatic nitrogens is 1. The Hall–Kier alpha value is -8.77. The Morgan fingerprint density at radius 1 is 0.324 bits per heavy atom. The number of nitriles is 1. The topological polar surface area (TPSA) is 28.7 Å². The van der Waals surface area contributed by atoms with Crippen molar-refractivity contribution in [1.82, 2.24) is 4.57 Å². The van der Waals surface area contributed by atoms with Crippen LogP contribution in [0, 0.1) is 11.3 Å². The molecular formula is C69H48N2. The molecule has 0 amide bonds. The highest BCUT2D eigenvalue weighted by atomic mass is 15.0. The maximum atomic E-state index is 10.1. The third-order valence-corrected chi connectivity index (χ3v) is 16.2. The highest BCUT2D eigenvalue weighted by molar-refractivity contribution is 6.23. The first-order valence-electron chi connectivity index (χ1n) is 24.8. The van der Waals surface area contributed by atoms with Crippen LogP contribution in [0.3, 0.4) is 0 Å². The summed E-state index contributed by atoms with van der Waals surface area (Å²) in [5.74, 6) is 0. The van der Waals surface area contributed by atoms with Gasteiger partial charge in [0.1, 0.15) is 0 Å². The molecule has 14 rings (SSSR count). The van der Waals surface area contributed by atoms with Crippen LogP contribution in [0.15, 0.2) is 218 Å². The maximum Gasteiger partial charge on any atom is 0.0991 e. The quantitative estimate of drug-likeness (QED) is 0.158. The van der Waals surface area contributed by atoms with Gasteiger partial charge in [0.25, 0.3) is 0 Å². The van der Waals surface area contributed by atoms with Gasteiger partial charge in [-0.1, -0.05) is 179 Å². The van der Waals surface area contributed by atoms with Crippen molar-refractivity contribution in [2.24, 2.45) is 0 Å².